The average molecular weight is 340 g/mol. The number of nitrogens with zero attached hydrogens (tertiary/aromatic N) is 4. The quantitative estimate of drug-likeness (QED) is 0.725. The van der Waals surface area contributed by atoms with Crippen LogP contribution in [0.1, 0.15) is 18.5 Å². The molecule has 4 rings (SSSR count). The molecule has 3 aromatic rings. The molecular weight excluding hydrogens is 320 g/mol. The maximum Gasteiger partial charge on any atom is 0.213 e. The van der Waals surface area contributed by atoms with Crippen molar-refractivity contribution in [1.29, 1.82) is 0 Å². The molecule has 1 aliphatic rings. The smallest absolute Gasteiger partial charge is 0.213 e. The van der Waals surface area contributed by atoms with Gasteiger partial charge in [-0.1, -0.05) is 6.07 Å². The highest BCUT2D eigenvalue weighted by atomic mass is 32.1. The van der Waals surface area contributed by atoms with Crippen molar-refractivity contribution in [2.75, 3.05) is 24.6 Å². The number of hydrogen-bond donors (Lipinski definition) is 0. The normalized spacial score (nSPS) is 18.0. The molecule has 0 bridgehead atoms. The van der Waals surface area contributed by atoms with E-state index in [0.717, 1.165) is 42.4 Å². The van der Waals surface area contributed by atoms with Gasteiger partial charge in [0.15, 0.2) is 0 Å². The number of ether oxygens (including phenoxy) is 1. The Morgan fingerprint density at radius 1 is 1.29 bits per heavy atom. The fourth-order valence-electron chi connectivity index (χ4n) is 3.20. The summed E-state index contributed by atoms with van der Waals surface area (Å²) in [4.78, 5) is 15.7. The average Bonchev–Trinajstić information content (AvgIpc) is 3.09. The van der Waals surface area contributed by atoms with Crippen LogP contribution in [0.2, 0.25) is 0 Å². The van der Waals surface area contributed by atoms with Crippen molar-refractivity contribution in [3.05, 3.63) is 41.7 Å². The molecular formula is C18H20N4OS. The second-order valence-corrected chi connectivity index (χ2v) is 7.13. The van der Waals surface area contributed by atoms with Crippen LogP contribution in [0.3, 0.4) is 0 Å². The van der Waals surface area contributed by atoms with Crippen molar-refractivity contribution in [1.82, 2.24) is 15.0 Å². The van der Waals surface area contributed by atoms with E-state index < -0.39 is 0 Å². The minimum atomic E-state index is 0.492. The molecule has 1 unspecified atom stereocenters. The zero-order valence-electron chi connectivity index (χ0n) is 13.7. The summed E-state index contributed by atoms with van der Waals surface area (Å²) >= 11 is 1.71. The molecule has 4 heterocycles. The monoisotopic (exact) mass is 340 g/mol. The summed E-state index contributed by atoms with van der Waals surface area (Å²) in [5.41, 5.74) is 2.02. The fourth-order valence-corrected chi connectivity index (χ4v) is 4.06. The number of thiophene rings is 1. The zero-order chi connectivity index (χ0) is 16.4. The van der Waals surface area contributed by atoms with Crippen LogP contribution in [-0.4, -0.2) is 34.6 Å². The topological polar surface area (TPSA) is 51.1 Å². The van der Waals surface area contributed by atoms with Crippen LogP contribution in [0.5, 0.6) is 5.88 Å². The molecule has 6 heteroatoms. The number of piperidine rings is 1. The summed E-state index contributed by atoms with van der Waals surface area (Å²) < 4.78 is 7.10. The van der Waals surface area contributed by atoms with E-state index in [9.17, 15) is 0 Å². The molecule has 0 aliphatic carbocycles. The number of anilines is 1. The molecule has 0 N–H and O–H groups in total. The molecule has 3 aromatic heterocycles. The first-order chi connectivity index (χ1) is 11.8. The van der Waals surface area contributed by atoms with Crippen LogP contribution in [0, 0.1) is 12.8 Å². The first-order valence-corrected chi connectivity index (χ1v) is 9.17. The maximum atomic E-state index is 5.92. The predicted molar refractivity (Wildman–Crippen MR) is 96.8 cm³/mol. The molecule has 1 atom stereocenters. The van der Waals surface area contributed by atoms with Gasteiger partial charge in [0.05, 0.1) is 16.8 Å². The maximum absolute atomic E-state index is 5.92. The van der Waals surface area contributed by atoms with Crippen LogP contribution < -0.4 is 9.64 Å². The Balaban J connectivity index is 1.45. The number of aryl methyl sites for hydroxylation is 1. The minimum absolute atomic E-state index is 0.492. The lowest BCUT2D eigenvalue weighted by molar-refractivity contribution is 0.221. The fraction of sp³-hybridized carbons (Fsp3) is 0.389. The third-order valence-electron chi connectivity index (χ3n) is 4.37. The Morgan fingerprint density at radius 3 is 3.17 bits per heavy atom. The third-order valence-corrected chi connectivity index (χ3v) is 5.27. The summed E-state index contributed by atoms with van der Waals surface area (Å²) in [7, 11) is 0. The number of pyridine rings is 1. The molecule has 0 amide bonds. The molecule has 1 aliphatic heterocycles. The van der Waals surface area contributed by atoms with Gasteiger partial charge in [-0.15, -0.1) is 11.3 Å². The van der Waals surface area contributed by atoms with Crippen LogP contribution in [0.15, 0.2) is 36.0 Å². The highest BCUT2D eigenvalue weighted by Crippen LogP contribution is 2.30. The lowest BCUT2D eigenvalue weighted by Crippen LogP contribution is -2.38. The Bertz CT molecular complexity index is 835. The molecule has 1 saturated heterocycles. The van der Waals surface area contributed by atoms with Crippen molar-refractivity contribution in [2.24, 2.45) is 5.92 Å². The number of hydrogen-bond acceptors (Lipinski definition) is 6. The Kier molecular flexibility index (Phi) is 4.30. The van der Waals surface area contributed by atoms with Gasteiger partial charge in [-0.3, -0.25) is 0 Å². The van der Waals surface area contributed by atoms with E-state index in [4.69, 9.17) is 4.74 Å². The van der Waals surface area contributed by atoms with Gasteiger partial charge in [0.1, 0.15) is 12.1 Å². The van der Waals surface area contributed by atoms with Crippen molar-refractivity contribution in [3.63, 3.8) is 0 Å². The van der Waals surface area contributed by atoms with Gasteiger partial charge in [0, 0.05) is 30.8 Å². The van der Waals surface area contributed by atoms with Crippen LogP contribution >= 0.6 is 11.3 Å². The Morgan fingerprint density at radius 2 is 2.25 bits per heavy atom. The highest BCUT2D eigenvalue weighted by molar-refractivity contribution is 7.17. The third kappa shape index (κ3) is 3.19. The second kappa shape index (κ2) is 6.73. The Labute approximate surface area is 145 Å². The van der Waals surface area contributed by atoms with Gasteiger partial charge in [-0.2, -0.15) is 0 Å². The molecule has 5 nitrogen and oxygen atoms in total. The van der Waals surface area contributed by atoms with Crippen molar-refractivity contribution >= 4 is 27.4 Å². The van der Waals surface area contributed by atoms with E-state index in [2.05, 4.69) is 31.3 Å². The van der Waals surface area contributed by atoms with Gasteiger partial charge in [-0.25, -0.2) is 15.0 Å². The molecule has 24 heavy (non-hydrogen) atoms. The summed E-state index contributed by atoms with van der Waals surface area (Å²) in [5, 5.41) is 2.08. The van der Waals surface area contributed by atoms with Crippen molar-refractivity contribution < 1.29 is 4.74 Å². The van der Waals surface area contributed by atoms with Gasteiger partial charge in [0.2, 0.25) is 5.88 Å². The van der Waals surface area contributed by atoms with E-state index >= 15 is 0 Å². The first-order valence-electron chi connectivity index (χ1n) is 8.29. The van der Waals surface area contributed by atoms with E-state index in [-0.39, 0.29) is 0 Å². The van der Waals surface area contributed by atoms with Crippen LogP contribution in [0.4, 0.5) is 5.82 Å². The van der Waals surface area contributed by atoms with Crippen LogP contribution in [-0.2, 0) is 0 Å². The van der Waals surface area contributed by atoms with Gasteiger partial charge >= 0.3 is 0 Å². The summed E-state index contributed by atoms with van der Waals surface area (Å²) in [6.07, 6.45) is 4.01. The molecule has 0 radical (unpaired) electrons. The van der Waals surface area contributed by atoms with Crippen molar-refractivity contribution in [2.45, 2.75) is 19.8 Å². The summed E-state index contributed by atoms with van der Waals surface area (Å²) in [6, 6.07) is 7.95. The number of rotatable bonds is 4. The van der Waals surface area contributed by atoms with Crippen LogP contribution in [0.25, 0.3) is 10.2 Å². The van der Waals surface area contributed by atoms with Gasteiger partial charge < -0.3 is 9.64 Å². The second-order valence-electron chi connectivity index (χ2n) is 6.21. The number of aromatic nitrogens is 3. The lowest BCUT2D eigenvalue weighted by Gasteiger charge is -2.33. The van der Waals surface area contributed by atoms with E-state index in [1.165, 1.54) is 11.1 Å². The molecule has 1 fully saturated rings. The highest BCUT2D eigenvalue weighted by Gasteiger charge is 2.23. The van der Waals surface area contributed by atoms with Crippen molar-refractivity contribution in [3.8, 4) is 5.88 Å². The minimum Gasteiger partial charge on any atom is -0.477 e. The summed E-state index contributed by atoms with van der Waals surface area (Å²) in [6.45, 7) is 4.70. The van der Waals surface area contributed by atoms with Gasteiger partial charge in [-0.05, 0) is 37.3 Å². The first kappa shape index (κ1) is 15.3. The standard InChI is InChI=1S/C18H20N4OS/c1-13-4-2-6-16(21-13)23-11-14-5-3-8-22(10-14)18-17-15(7-9-24-17)19-12-20-18/h2,4,6-7,9,12,14H,3,5,8,10-11H2,1H3. The van der Waals surface area contributed by atoms with Gasteiger partial charge in [0.25, 0.3) is 0 Å². The summed E-state index contributed by atoms with van der Waals surface area (Å²) in [5.74, 6) is 2.27. The van der Waals surface area contributed by atoms with E-state index in [1.807, 2.05) is 25.1 Å². The SMILES string of the molecule is Cc1cccc(OCC2CCCN(c3ncnc4ccsc34)C2)n1. The molecule has 0 spiro atoms. The Hall–Kier alpha value is -2.21. The van der Waals surface area contributed by atoms with E-state index in [0.29, 0.717) is 12.5 Å². The zero-order valence-corrected chi connectivity index (χ0v) is 14.5. The predicted octanol–water partition coefficient (Wildman–Crippen LogP) is 3.69. The molecule has 124 valence electrons. The largest absolute Gasteiger partial charge is 0.477 e. The molecule has 0 aromatic carbocycles. The number of fused-ring (bicyclic) bond motifs is 1. The van der Waals surface area contributed by atoms with E-state index in [1.54, 1.807) is 17.7 Å². The lowest BCUT2D eigenvalue weighted by atomic mass is 9.99. The molecule has 0 saturated carbocycles.